The minimum atomic E-state index is -0.174. The fraction of sp³-hybridized carbons (Fsp3) is 0.222. The van der Waals surface area contributed by atoms with Crippen LogP contribution in [0.2, 0.25) is 0 Å². The van der Waals surface area contributed by atoms with Crippen molar-refractivity contribution in [2.75, 3.05) is 10.6 Å². The molecule has 118 valence electrons. The van der Waals surface area contributed by atoms with Gasteiger partial charge in [-0.25, -0.2) is 0 Å². The van der Waals surface area contributed by atoms with Gasteiger partial charge in [0.05, 0.1) is 10.9 Å². The molecular formula is C18H18N2O2S. The van der Waals surface area contributed by atoms with Gasteiger partial charge in [0.1, 0.15) is 0 Å². The number of rotatable bonds is 3. The fourth-order valence-corrected chi connectivity index (χ4v) is 3.43. The van der Waals surface area contributed by atoms with E-state index in [1.165, 1.54) is 11.8 Å². The quantitative estimate of drug-likeness (QED) is 0.898. The van der Waals surface area contributed by atoms with Crippen molar-refractivity contribution in [2.45, 2.75) is 30.4 Å². The van der Waals surface area contributed by atoms with Gasteiger partial charge in [-0.1, -0.05) is 25.1 Å². The van der Waals surface area contributed by atoms with E-state index in [0.29, 0.717) is 11.3 Å². The predicted molar refractivity (Wildman–Crippen MR) is 94.2 cm³/mol. The predicted octanol–water partition coefficient (Wildman–Crippen LogP) is 3.93. The van der Waals surface area contributed by atoms with Crippen molar-refractivity contribution in [3.05, 3.63) is 53.6 Å². The highest BCUT2D eigenvalue weighted by Crippen LogP contribution is 2.36. The molecular weight excluding hydrogens is 308 g/mol. The van der Waals surface area contributed by atoms with Crippen LogP contribution in [0.25, 0.3) is 0 Å². The molecule has 1 aliphatic rings. The van der Waals surface area contributed by atoms with Gasteiger partial charge in [0, 0.05) is 16.1 Å². The average Bonchev–Trinajstić information content (AvgIpc) is 2.56. The van der Waals surface area contributed by atoms with Crippen LogP contribution < -0.4 is 10.6 Å². The minimum Gasteiger partial charge on any atom is -0.324 e. The van der Waals surface area contributed by atoms with E-state index in [2.05, 4.69) is 17.6 Å². The lowest BCUT2D eigenvalue weighted by atomic mass is 10.1. The standard InChI is InChI=1S/C18H18N2O2S/c1-3-12-6-4-5-7-14(12)19-18(22)13-8-9-16-15(10-13)20-17(21)11(2)23-16/h4-11H,3H2,1-2H3,(H,19,22)(H,20,21). The van der Waals surface area contributed by atoms with E-state index < -0.39 is 0 Å². The molecule has 1 atom stereocenters. The van der Waals surface area contributed by atoms with Crippen molar-refractivity contribution >= 4 is 35.0 Å². The van der Waals surface area contributed by atoms with Crippen molar-refractivity contribution in [3.63, 3.8) is 0 Å². The normalized spacial score (nSPS) is 16.4. The first-order chi connectivity index (χ1) is 11.1. The van der Waals surface area contributed by atoms with E-state index in [4.69, 9.17) is 0 Å². The molecule has 0 saturated carbocycles. The van der Waals surface area contributed by atoms with Crippen molar-refractivity contribution in [3.8, 4) is 0 Å². The molecule has 1 unspecified atom stereocenters. The second-order valence-corrected chi connectivity index (χ2v) is 6.81. The molecule has 0 spiro atoms. The summed E-state index contributed by atoms with van der Waals surface area (Å²) in [5.74, 6) is -0.206. The third-order valence-electron chi connectivity index (χ3n) is 3.82. The van der Waals surface area contributed by atoms with Gasteiger partial charge >= 0.3 is 0 Å². The number of carbonyl (C=O) groups excluding carboxylic acids is 2. The molecule has 5 heteroatoms. The molecule has 2 N–H and O–H groups in total. The number of thioether (sulfide) groups is 1. The van der Waals surface area contributed by atoms with E-state index in [1.807, 2.05) is 37.3 Å². The Hall–Kier alpha value is -2.27. The highest BCUT2D eigenvalue weighted by atomic mass is 32.2. The maximum absolute atomic E-state index is 12.5. The Balaban J connectivity index is 1.83. The number of benzene rings is 2. The van der Waals surface area contributed by atoms with Crippen LogP contribution in [-0.4, -0.2) is 17.1 Å². The Bertz CT molecular complexity index is 773. The molecule has 0 fully saturated rings. The summed E-state index contributed by atoms with van der Waals surface area (Å²) in [6, 6.07) is 13.2. The molecule has 23 heavy (non-hydrogen) atoms. The number of carbonyl (C=O) groups is 2. The molecule has 1 aliphatic heterocycles. The Morgan fingerprint density at radius 3 is 2.83 bits per heavy atom. The van der Waals surface area contributed by atoms with Gasteiger partial charge < -0.3 is 10.6 Å². The van der Waals surface area contributed by atoms with Gasteiger partial charge in [-0.2, -0.15) is 0 Å². The van der Waals surface area contributed by atoms with E-state index in [-0.39, 0.29) is 17.1 Å². The number of amides is 2. The lowest BCUT2D eigenvalue weighted by Crippen LogP contribution is -2.26. The van der Waals surface area contributed by atoms with Gasteiger partial charge in [0.2, 0.25) is 5.91 Å². The zero-order valence-electron chi connectivity index (χ0n) is 13.1. The smallest absolute Gasteiger partial charge is 0.255 e. The number of hydrogen-bond acceptors (Lipinski definition) is 3. The lowest BCUT2D eigenvalue weighted by molar-refractivity contribution is -0.115. The maximum Gasteiger partial charge on any atom is 0.255 e. The van der Waals surface area contributed by atoms with Crippen molar-refractivity contribution < 1.29 is 9.59 Å². The minimum absolute atomic E-state index is 0.0311. The molecule has 0 radical (unpaired) electrons. The Morgan fingerprint density at radius 1 is 1.26 bits per heavy atom. The molecule has 1 heterocycles. The number of aryl methyl sites for hydroxylation is 1. The van der Waals surface area contributed by atoms with Crippen molar-refractivity contribution in [1.29, 1.82) is 0 Å². The van der Waals surface area contributed by atoms with Crippen LogP contribution in [0.4, 0.5) is 11.4 Å². The number of fused-ring (bicyclic) bond motifs is 1. The molecule has 0 saturated heterocycles. The van der Waals surface area contributed by atoms with E-state index >= 15 is 0 Å². The Labute approximate surface area is 139 Å². The summed E-state index contributed by atoms with van der Waals surface area (Å²) in [6.07, 6.45) is 0.852. The Morgan fingerprint density at radius 2 is 2.04 bits per heavy atom. The van der Waals surface area contributed by atoms with Gasteiger partial charge in [-0.15, -0.1) is 11.8 Å². The summed E-state index contributed by atoms with van der Waals surface area (Å²) >= 11 is 1.51. The number of para-hydroxylation sites is 1. The molecule has 0 aliphatic carbocycles. The second kappa shape index (κ2) is 6.46. The number of nitrogens with one attached hydrogen (secondary N) is 2. The third-order valence-corrected chi connectivity index (χ3v) is 5.00. The van der Waals surface area contributed by atoms with Crippen LogP contribution in [0, 0.1) is 0 Å². The van der Waals surface area contributed by atoms with Gasteiger partial charge in [-0.05, 0) is 43.2 Å². The first-order valence-electron chi connectivity index (χ1n) is 7.59. The molecule has 4 nitrogen and oxygen atoms in total. The lowest BCUT2D eigenvalue weighted by Gasteiger charge is -2.21. The highest BCUT2D eigenvalue weighted by Gasteiger charge is 2.23. The molecule has 2 aromatic carbocycles. The molecule has 2 amide bonds. The van der Waals surface area contributed by atoms with Crippen LogP contribution in [0.1, 0.15) is 29.8 Å². The van der Waals surface area contributed by atoms with E-state index in [0.717, 1.165) is 22.6 Å². The van der Waals surface area contributed by atoms with Crippen LogP contribution in [0.5, 0.6) is 0 Å². The molecule has 3 rings (SSSR count). The first kappa shape index (κ1) is 15.6. The van der Waals surface area contributed by atoms with Crippen molar-refractivity contribution in [2.24, 2.45) is 0 Å². The molecule has 0 bridgehead atoms. The number of anilines is 2. The summed E-state index contributed by atoms with van der Waals surface area (Å²) in [7, 11) is 0. The number of hydrogen-bond donors (Lipinski definition) is 2. The fourth-order valence-electron chi connectivity index (χ4n) is 2.50. The maximum atomic E-state index is 12.5. The van der Waals surface area contributed by atoms with Crippen LogP contribution in [-0.2, 0) is 11.2 Å². The van der Waals surface area contributed by atoms with Crippen molar-refractivity contribution in [1.82, 2.24) is 0 Å². The average molecular weight is 326 g/mol. The van der Waals surface area contributed by atoms with E-state index in [9.17, 15) is 9.59 Å². The highest BCUT2D eigenvalue weighted by molar-refractivity contribution is 8.00. The van der Waals surface area contributed by atoms with Crippen LogP contribution in [0.15, 0.2) is 47.4 Å². The summed E-state index contributed by atoms with van der Waals surface area (Å²) in [5.41, 5.74) is 3.15. The summed E-state index contributed by atoms with van der Waals surface area (Å²) in [4.78, 5) is 25.3. The van der Waals surface area contributed by atoms with Gasteiger partial charge in [0.15, 0.2) is 0 Å². The van der Waals surface area contributed by atoms with E-state index in [1.54, 1.807) is 12.1 Å². The molecule has 0 aromatic heterocycles. The summed E-state index contributed by atoms with van der Waals surface area (Å²) in [5, 5.41) is 5.69. The zero-order valence-corrected chi connectivity index (χ0v) is 13.9. The van der Waals surface area contributed by atoms with Gasteiger partial charge in [-0.3, -0.25) is 9.59 Å². The SMILES string of the molecule is CCc1ccccc1NC(=O)c1ccc2c(c1)NC(=O)C(C)S2. The van der Waals surface area contributed by atoms with Gasteiger partial charge in [0.25, 0.3) is 5.91 Å². The topological polar surface area (TPSA) is 58.2 Å². The molecule has 2 aromatic rings. The zero-order chi connectivity index (χ0) is 16.4. The van der Waals surface area contributed by atoms with Crippen LogP contribution >= 0.6 is 11.8 Å². The van der Waals surface area contributed by atoms with Crippen LogP contribution in [0.3, 0.4) is 0 Å². The third kappa shape index (κ3) is 3.24. The first-order valence-corrected chi connectivity index (χ1v) is 8.47. The summed E-state index contributed by atoms with van der Waals surface area (Å²) < 4.78 is 0. The Kier molecular flexibility index (Phi) is 4.39. The summed E-state index contributed by atoms with van der Waals surface area (Å²) in [6.45, 7) is 3.92. The monoisotopic (exact) mass is 326 g/mol. The largest absolute Gasteiger partial charge is 0.324 e. The second-order valence-electron chi connectivity index (χ2n) is 5.43.